The van der Waals surface area contributed by atoms with Gasteiger partial charge in [-0.2, -0.15) is 0 Å². The van der Waals surface area contributed by atoms with Gasteiger partial charge in [0.2, 0.25) is 5.43 Å². The molecular weight excluding hydrogens is 408 g/mol. The highest BCUT2D eigenvalue weighted by molar-refractivity contribution is 5.85. The number of rotatable bonds is 6. The smallest absolute Gasteiger partial charge is 0.315 e. The fourth-order valence-corrected chi connectivity index (χ4v) is 3.61. The average molecular weight is 430 g/mol. The van der Waals surface area contributed by atoms with Gasteiger partial charge < -0.3 is 18.6 Å². The number of aryl methyl sites for hydroxylation is 1. The second kappa shape index (κ2) is 8.98. The molecule has 0 spiro atoms. The Bertz CT molecular complexity index is 1340. The van der Waals surface area contributed by atoms with Crippen LogP contribution in [0.1, 0.15) is 11.3 Å². The molecule has 4 rings (SSSR count). The van der Waals surface area contributed by atoms with Gasteiger partial charge in [-0.1, -0.05) is 36.4 Å². The van der Waals surface area contributed by atoms with Crippen LogP contribution in [0.3, 0.4) is 0 Å². The first kappa shape index (κ1) is 21.2. The van der Waals surface area contributed by atoms with Gasteiger partial charge in [0.05, 0.1) is 31.6 Å². The lowest BCUT2D eigenvalue weighted by molar-refractivity contribution is -0.133. The van der Waals surface area contributed by atoms with Crippen molar-refractivity contribution in [3.8, 4) is 28.4 Å². The minimum absolute atomic E-state index is 0.0499. The summed E-state index contributed by atoms with van der Waals surface area (Å²) in [6.07, 6.45) is 0.0499. The van der Waals surface area contributed by atoms with Gasteiger partial charge in [0, 0.05) is 6.07 Å². The zero-order valence-corrected chi connectivity index (χ0v) is 18.0. The summed E-state index contributed by atoms with van der Waals surface area (Å²) in [5, 5.41) is 0.425. The van der Waals surface area contributed by atoms with Crippen LogP contribution in [0.4, 0.5) is 0 Å². The number of hydrogen-bond acceptors (Lipinski definition) is 6. The van der Waals surface area contributed by atoms with Crippen molar-refractivity contribution >= 4 is 16.9 Å². The lowest BCUT2D eigenvalue weighted by Crippen LogP contribution is -2.12. The zero-order valence-electron chi connectivity index (χ0n) is 18.0. The van der Waals surface area contributed by atoms with Crippen LogP contribution in [-0.2, 0) is 11.2 Å². The molecule has 1 aromatic heterocycles. The van der Waals surface area contributed by atoms with Crippen molar-refractivity contribution in [2.45, 2.75) is 13.3 Å². The Morgan fingerprint density at radius 2 is 1.66 bits per heavy atom. The van der Waals surface area contributed by atoms with E-state index in [1.807, 2.05) is 30.3 Å². The molecular formula is C26H22O6. The average Bonchev–Trinajstić information content (AvgIpc) is 2.79. The van der Waals surface area contributed by atoms with Crippen LogP contribution in [0.5, 0.6) is 17.2 Å². The molecule has 0 fully saturated rings. The van der Waals surface area contributed by atoms with Crippen molar-refractivity contribution in [1.82, 2.24) is 0 Å². The van der Waals surface area contributed by atoms with Gasteiger partial charge in [0.15, 0.2) is 11.5 Å². The lowest BCUT2D eigenvalue weighted by atomic mass is 10.0. The van der Waals surface area contributed by atoms with Crippen molar-refractivity contribution in [2.75, 3.05) is 14.2 Å². The quantitative estimate of drug-likeness (QED) is 0.319. The maximum absolute atomic E-state index is 13.0. The van der Waals surface area contributed by atoms with Crippen LogP contribution in [0.2, 0.25) is 0 Å². The predicted octanol–water partition coefficient (Wildman–Crippen LogP) is 4.93. The van der Waals surface area contributed by atoms with Crippen LogP contribution in [0.15, 0.2) is 75.9 Å². The van der Waals surface area contributed by atoms with Gasteiger partial charge in [-0.15, -0.1) is 0 Å². The highest BCUT2D eigenvalue weighted by atomic mass is 16.5. The summed E-state index contributed by atoms with van der Waals surface area (Å²) >= 11 is 0. The van der Waals surface area contributed by atoms with Crippen LogP contribution in [0, 0.1) is 6.92 Å². The second-order valence-electron chi connectivity index (χ2n) is 7.23. The van der Waals surface area contributed by atoms with E-state index in [2.05, 4.69) is 0 Å². The third-order valence-electron chi connectivity index (χ3n) is 5.13. The Morgan fingerprint density at radius 1 is 0.906 bits per heavy atom. The van der Waals surface area contributed by atoms with Crippen molar-refractivity contribution < 1.29 is 23.4 Å². The molecule has 0 atom stereocenters. The number of ether oxygens (including phenoxy) is 3. The van der Waals surface area contributed by atoms with E-state index in [1.54, 1.807) is 50.4 Å². The summed E-state index contributed by atoms with van der Waals surface area (Å²) in [5.41, 5.74) is 2.28. The molecule has 0 N–H and O–H groups in total. The highest BCUT2D eigenvalue weighted by Gasteiger charge is 2.15. The largest absolute Gasteiger partial charge is 0.493 e. The molecule has 1 heterocycles. The molecule has 6 nitrogen and oxygen atoms in total. The van der Waals surface area contributed by atoms with Crippen molar-refractivity contribution in [1.29, 1.82) is 0 Å². The van der Waals surface area contributed by atoms with Gasteiger partial charge in [-0.25, -0.2) is 0 Å². The molecule has 0 amide bonds. The van der Waals surface area contributed by atoms with Crippen LogP contribution < -0.4 is 19.6 Å². The molecule has 3 aromatic carbocycles. The molecule has 0 aliphatic carbocycles. The Kier molecular flexibility index (Phi) is 5.94. The number of benzene rings is 3. The molecule has 32 heavy (non-hydrogen) atoms. The molecule has 4 aromatic rings. The topological polar surface area (TPSA) is 75.0 Å². The van der Waals surface area contributed by atoms with Crippen LogP contribution in [-0.4, -0.2) is 20.2 Å². The minimum atomic E-state index is -0.448. The number of carbonyl (C=O) groups excluding carboxylic acids is 1. The number of carbonyl (C=O) groups is 1. The summed E-state index contributed by atoms with van der Waals surface area (Å²) in [5.74, 6) is 1.48. The third-order valence-corrected chi connectivity index (χ3v) is 5.13. The maximum atomic E-state index is 13.0. The SMILES string of the molecule is COc1ccc(CC(=O)Oc2ccc3c(=O)c(-c4ccccc4)c(C)oc3c2)cc1OC. The Balaban J connectivity index is 1.58. The van der Waals surface area contributed by atoms with Crippen LogP contribution in [0.25, 0.3) is 22.1 Å². The van der Waals surface area contributed by atoms with E-state index in [9.17, 15) is 9.59 Å². The molecule has 0 radical (unpaired) electrons. The molecule has 0 aliphatic heterocycles. The summed E-state index contributed by atoms with van der Waals surface area (Å²) in [4.78, 5) is 25.5. The van der Waals surface area contributed by atoms with Crippen molar-refractivity contribution in [3.63, 3.8) is 0 Å². The summed E-state index contributed by atoms with van der Waals surface area (Å²) in [6, 6.07) is 19.4. The first-order chi connectivity index (χ1) is 15.5. The Hall–Kier alpha value is -4.06. The third kappa shape index (κ3) is 4.21. The Labute approximate surface area is 185 Å². The summed E-state index contributed by atoms with van der Waals surface area (Å²) < 4.78 is 21.9. The molecule has 0 saturated heterocycles. The predicted molar refractivity (Wildman–Crippen MR) is 122 cm³/mol. The van der Waals surface area contributed by atoms with E-state index in [1.165, 1.54) is 7.11 Å². The molecule has 0 saturated carbocycles. The number of hydrogen-bond donors (Lipinski definition) is 0. The summed E-state index contributed by atoms with van der Waals surface area (Å²) in [6.45, 7) is 1.75. The zero-order chi connectivity index (χ0) is 22.7. The number of esters is 1. The molecule has 162 valence electrons. The normalized spacial score (nSPS) is 10.7. The van der Waals surface area contributed by atoms with E-state index >= 15 is 0 Å². The molecule has 0 unspecified atom stereocenters. The van der Waals surface area contributed by atoms with E-state index in [4.69, 9.17) is 18.6 Å². The van der Waals surface area contributed by atoms with Crippen molar-refractivity contribution in [3.05, 3.63) is 88.3 Å². The second-order valence-corrected chi connectivity index (χ2v) is 7.23. The lowest BCUT2D eigenvalue weighted by Gasteiger charge is -2.10. The molecule has 6 heteroatoms. The first-order valence-electron chi connectivity index (χ1n) is 10.0. The fourth-order valence-electron chi connectivity index (χ4n) is 3.61. The number of fused-ring (bicyclic) bond motifs is 1. The minimum Gasteiger partial charge on any atom is -0.493 e. The van der Waals surface area contributed by atoms with Crippen molar-refractivity contribution in [2.24, 2.45) is 0 Å². The van der Waals surface area contributed by atoms with Crippen LogP contribution >= 0.6 is 0 Å². The monoisotopic (exact) mass is 430 g/mol. The van der Waals surface area contributed by atoms with E-state index in [0.29, 0.717) is 39.5 Å². The van der Waals surface area contributed by atoms with E-state index < -0.39 is 5.97 Å². The molecule has 0 aliphatic rings. The van der Waals surface area contributed by atoms with Gasteiger partial charge in [0.1, 0.15) is 17.1 Å². The Morgan fingerprint density at radius 3 is 2.38 bits per heavy atom. The highest BCUT2D eigenvalue weighted by Crippen LogP contribution is 2.29. The van der Waals surface area contributed by atoms with E-state index in [-0.39, 0.29) is 11.8 Å². The maximum Gasteiger partial charge on any atom is 0.315 e. The van der Waals surface area contributed by atoms with Gasteiger partial charge in [-0.05, 0) is 42.3 Å². The standard InChI is InChI=1S/C26H22O6/c1-16-25(18-7-5-4-6-8-18)26(28)20-11-10-19(15-22(20)31-16)32-24(27)14-17-9-12-21(29-2)23(13-17)30-3/h4-13,15H,14H2,1-3H3. The van der Waals surface area contributed by atoms with Gasteiger partial charge in [-0.3, -0.25) is 9.59 Å². The molecule has 0 bridgehead atoms. The fraction of sp³-hybridized carbons (Fsp3) is 0.154. The summed E-state index contributed by atoms with van der Waals surface area (Å²) in [7, 11) is 3.09. The van der Waals surface area contributed by atoms with Gasteiger partial charge in [0.25, 0.3) is 0 Å². The van der Waals surface area contributed by atoms with Gasteiger partial charge >= 0.3 is 5.97 Å². The first-order valence-corrected chi connectivity index (χ1v) is 10.0. The number of methoxy groups -OCH3 is 2. The van der Waals surface area contributed by atoms with E-state index in [0.717, 1.165) is 11.1 Å².